The number of carbonyl (C=O) groups excluding carboxylic acids is 1. The summed E-state index contributed by atoms with van der Waals surface area (Å²) in [5.74, 6) is 0.348. The van der Waals surface area contributed by atoms with Gasteiger partial charge in [0.1, 0.15) is 5.75 Å². The lowest BCUT2D eigenvalue weighted by molar-refractivity contribution is -0.122. The molecular formula is C23H21ClN2O2S. The lowest BCUT2D eigenvalue weighted by Crippen LogP contribution is -2.37. The number of hydrogen-bond acceptors (Lipinski definition) is 3. The quantitative estimate of drug-likeness (QED) is 0.518. The molecule has 6 heteroatoms. The Labute approximate surface area is 180 Å². The molecule has 0 aliphatic carbocycles. The van der Waals surface area contributed by atoms with E-state index >= 15 is 0 Å². The summed E-state index contributed by atoms with van der Waals surface area (Å²) < 4.78 is 5.40. The Morgan fingerprint density at radius 2 is 1.52 bits per heavy atom. The van der Waals surface area contributed by atoms with Crippen molar-refractivity contribution in [3.05, 3.63) is 89.4 Å². The van der Waals surface area contributed by atoms with Crippen LogP contribution < -0.4 is 15.4 Å². The van der Waals surface area contributed by atoms with Crippen LogP contribution in [0, 0.1) is 0 Å². The predicted octanol–water partition coefficient (Wildman–Crippen LogP) is 4.62. The fraction of sp³-hybridized carbons (Fsp3) is 0.130. The van der Waals surface area contributed by atoms with Crippen LogP contribution in [0.15, 0.2) is 78.9 Å². The fourth-order valence-corrected chi connectivity index (χ4v) is 2.89. The number of benzene rings is 3. The molecule has 3 aromatic carbocycles. The van der Waals surface area contributed by atoms with Gasteiger partial charge in [-0.05, 0) is 41.0 Å². The predicted molar refractivity (Wildman–Crippen MR) is 121 cm³/mol. The zero-order valence-corrected chi connectivity index (χ0v) is 17.3. The van der Waals surface area contributed by atoms with Crippen molar-refractivity contribution in [2.75, 3.05) is 13.2 Å². The molecule has 0 fully saturated rings. The van der Waals surface area contributed by atoms with Crippen LogP contribution in [-0.4, -0.2) is 24.0 Å². The maximum atomic E-state index is 11.9. The van der Waals surface area contributed by atoms with E-state index in [2.05, 4.69) is 47.0 Å². The van der Waals surface area contributed by atoms with E-state index in [0.717, 1.165) is 5.56 Å². The molecule has 3 aromatic rings. The van der Waals surface area contributed by atoms with Crippen LogP contribution in [0.1, 0.15) is 5.56 Å². The molecule has 0 unspecified atom stereocenters. The zero-order valence-electron chi connectivity index (χ0n) is 15.7. The first-order valence-electron chi connectivity index (χ1n) is 9.16. The van der Waals surface area contributed by atoms with Gasteiger partial charge in [-0.3, -0.25) is 4.79 Å². The minimum absolute atomic E-state index is 0.0782. The number of carbonyl (C=O) groups is 1. The molecule has 0 bridgehead atoms. The average Bonchev–Trinajstić information content (AvgIpc) is 2.77. The summed E-state index contributed by atoms with van der Waals surface area (Å²) in [6.45, 7) is 0.788. The molecule has 0 radical (unpaired) electrons. The number of hydrogen-bond donors (Lipinski definition) is 2. The smallest absolute Gasteiger partial charge is 0.258 e. The van der Waals surface area contributed by atoms with Crippen LogP contribution in [0.25, 0.3) is 11.1 Å². The lowest BCUT2D eigenvalue weighted by atomic mass is 10.0. The molecule has 3 rings (SSSR count). The second-order valence-electron chi connectivity index (χ2n) is 6.36. The third-order valence-electron chi connectivity index (χ3n) is 4.18. The Morgan fingerprint density at radius 1 is 0.862 bits per heavy atom. The zero-order chi connectivity index (χ0) is 20.5. The molecular weight excluding hydrogens is 404 g/mol. The van der Waals surface area contributed by atoms with E-state index < -0.39 is 0 Å². The second-order valence-corrected chi connectivity index (χ2v) is 7.29. The maximum absolute atomic E-state index is 11.9. The van der Waals surface area contributed by atoms with Gasteiger partial charge in [0, 0.05) is 11.6 Å². The van der Waals surface area contributed by atoms with Gasteiger partial charge in [-0.1, -0.05) is 78.4 Å². The Balaban J connectivity index is 1.37. The Morgan fingerprint density at radius 3 is 2.21 bits per heavy atom. The van der Waals surface area contributed by atoms with E-state index in [9.17, 15) is 4.79 Å². The van der Waals surface area contributed by atoms with Crippen molar-refractivity contribution in [1.29, 1.82) is 0 Å². The Kier molecular flexibility index (Phi) is 7.61. The summed E-state index contributed by atoms with van der Waals surface area (Å²) in [5, 5.41) is 6.51. The average molecular weight is 425 g/mol. The summed E-state index contributed by atoms with van der Waals surface area (Å²) in [6, 6.07) is 25.4. The minimum Gasteiger partial charge on any atom is -0.484 e. The van der Waals surface area contributed by atoms with E-state index in [0.29, 0.717) is 22.3 Å². The maximum Gasteiger partial charge on any atom is 0.258 e. The van der Waals surface area contributed by atoms with Crippen molar-refractivity contribution in [2.24, 2.45) is 0 Å². The van der Waals surface area contributed by atoms with Gasteiger partial charge >= 0.3 is 0 Å². The SMILES string of the molecule is O=C(COc1ccc(Cl)cc1)NCC(=S)NCc1ccc(-c2ccccc2)cc1. The molecule has 4 nitrogen and oxygen atoms in total. The van der Waals surface area contributed by atoms with Gasteiger partial charge in [0.05, 0.1) is 11.5 Å². The second kappa shape index (κ2) is 10.6. The van der Waals surface area contributed by atoms with E-state index in [1.807, 2.05) is 18.2 Å². The van der Waals surface area contributed by atoms with Crippen LogP contribution in [0.5, 0.6) is 5.75 Å². The number of halogens is 1. The van der Waals surface area contributed by atoms with Crippen molar-refractivity contribution in [2.45, 2.75) is 6.54 Å². The van der Waals surface area contributed by atoms with E-state index in [-0.39, 0.29) is 19.1 Å². The molecule has 0 aliphatic heterocycles. The molecule has 0 aliphatic rings. The summed E-state index contributed by atoms with van der Waals surface area (Å²) in [4.78, 5) is 12.5. The lowest BCUT2D eigenvalue weighted by Gasteiger charge is -2.11. The largest absolute Gasteiger partial charge is 0.484 e. The molecule has 0 saturated carbocycles. The minimum atomic E-state index is -0.240. The van der Waals surface area contributed by atoms with Crippen molar-refractivity contribution < 1.29 is 9.53 Å². The third kappa shape index (κ3) is 6.89. The van der Waals surface area contributed by atoms with Crippen LogP contribution in [0.3, 0.4) is 0 Å². The standard InChI is InChI=1S/C23H21ClN2O2S/c24-20-10-12-21(13-11-20)28-16-22(27)25-15-23(29)26-14-17-6-8-19(9-7-17)18-4-2-1-3-5-18/h1-13H,14-16H2,(H,25,27)(H,26,29). The number of amides is 1. The molecule has 0 spiro atoms. The van der Waals surface area contributed by atoms with Gasteiger partial charge in [0.25, 0.3) is 5.91 Å². The van der Waals surface area contributed by atoms with Crippen molar-refractivity contribution in [3.8, 4) is 16.9 Å². The molecule has 1 amide bonds. The molecule has 2 N–H and O–H groups in total. The molecule has 148 valence electrons. The van der Waals surface area contributed by atoms with Crippen LogP contribution >= 0.6 is 23.8 Å². The Bertz CT molecular complexity index is 945. The van der Waals surface area contributed by atoms with Crippen molar-refractivity contribution in [1.82, 2.24) is 10.6 Å². The normalized spacial score (nSPS) is 10.2. The van der Waals surface area contributed by atoms with Crippen LogP contribution in [0.2, 0.25) is 5.02 Å². The van der Waals surface area contributed by atoms with Crippen molar-refractivity contribution in [3.63, 3.8) is 0 Å². The Hall–Kier alpha value is -2.89. The number of rotatable bonds is 8. The van der Waals surface area contributed by atoms with Gasteiger partial charge < -0.3 is 15.4 Å². The van der Waals surface area contributed by atoms with Gasteiger partial charge in [0.2, 0.25) is 0 Å². The molecule has 0 aromatic heterocycles. The van der Waals surface area contributed by atoms with E-state index in [1.165, 1.54) is 11.1 Å². The van der Waals surface area contributed by atoms with Gasteiger partial charge in [-0.15, -0.1) is 0 Å². The first kappa shape index (κ1) is 20.8. The molecule has 0 heterocycles. The van der Waals surface area contributed by atoms with E-state index in [1.54, 1.807) is 24.3 Å². The summed E-state index contributed by atoms with van der Waals surface area (Å²) >= 11 is 11.1. The van der Waals surface area contributed by atoms with Crippen molar-refractivity contribution >= 4 is 34.7 Å². The first-order valence-corrected chi connectivity index (χ1v) is 9.95. The fourth-order valence-electron chi connectivity index (χ4n) is 2.62. The number of thiocarbonyl (C=S) groups is 1. The highest BCUT2D eigenvalue weighted by molar-refractivity contribution is 7.80. The summed E-state index contributed by atoms with van der Waals surface area (Å²) in [6.07, 6.45) is 0. The van der Waals surface area contributed by atoms with Crippen LogP contribution in [0.4, 0.5) is 0 Å². The highest BCUT2D eigenvalue weighted by atomic mass is 35.5. The van der Waals surface area contributed by atoms with Gasteiger partial charge in [0.15, 0.2) is 6.61 Å². The highest BCUT2D eigenvalue weighted by Crippen LogP contribution is 2.19. The third-order valence-corrected chi connectivity index (χ3v) is 4.72. The summed E-state index contributed by atoms with van der Waals surface area (Å²) in [7, 11) is 0. The van der Waals surface area contributed by atoms with Crippen LogP contribution in [-0.2, 0) is 11.3 Å². The van der Waals surface area contributed by atoms with Gasteiger partial charge in [-0.25, -0.2) is 0 Å². The topological polar surface area (TPSA) is 50.4 Å². The molecule has 29 heavy (non-hydrogen) atoms. The monoisotopic (exact) mass is 424 g/mol. The number of nitrogens with one attached hydrogen (secondary N) is 2. The number of ether oxygens (including phenoxy) is 1. The highest BCUT2D eigenvalue weighted by Gasteiger charge is 2.05. The van der Waals surface area contributed by atoms with E-state index in [4.69, 9.17) is 28.6 Å². The first-order chi connectivity index (χ1) is 14.1. The molecule has 0 saturated heterocycles. The summed E-state index contributed by atoms with van der Waals surface area (Å²) in [5.41, 5.74) is 3.47. The van der Waals surface area contributed by atoms with Gasteiger partial charge in [-0.2, -0.15) is 0 Å². The molecule has 0 atom stereocenters.